The van der Waals surface area contributed by atoms with Gasteiger partial charge in [-0.05, 0) is 31.2 Å². The molecule has 30 heavy (non-hydrogen) atoms. The first-order valence-electron chi connectivity index (χ1n) is 8.70. The minimum atomic E-state index is -1.69. The highest BCUT2D eigenvalue weighted by Crippen LogP contribution is 2.25. The van der Waals surface area contributed by atoms with E-state index in [1.165, 1.54) is 0 Å². The van der Waals surface area contributed by atoms with Gasteiger partial charge in [-0.1, -0.05) is 11.8 Å². The number of carbonyl (C=O) groups is 2. The van der Waals surface area contributed by atoms with Gasteiger partial charge in [0.25, 0.3) is 0 Å². The summed E-state index contributed by atoms with van der Waals surface area (Å²) in [5, 5.41) is 4.39. The third-order valence-corrected chi connectivity index (χ3v) is 5.04. The number of aromatic nitrogens is 2. The molecule has 1 aromatic heterocycles. The van der Waals surface area contributed by atoms with E-state index in [1.807, 2.05) is 0 Å². The first-order valence-corrected chi connectivity index (χ1v) is 9.58. The third kappa shape index (κ3) is 4.85. The Bertz CT molecular complexity index is 1110. The molecular weight excluding hydrogens is 421 g/mol. The molecule has 0 fully saturated rings. The number of amides is 2. The van der Waals surface area contributed by atoms with Crippen molar-refractivity contribution in [3.05, 3.63) is 47.8 Å². The normalized spacial score (nSPS) is 11.9. The number of nitrogens with one attached hydrogen (secondary N) is 3. The fourth-order valence-corrected chi connectivity index (χ4v) is 3.34. The van der Waals surface area contributed by atoms with Gasteiger partial charge in [-0.2, -0.15) is 0 Å². The predicted molar refractivity (Wildman–Crippen MR) is 106 cm³/mol. The number of anilines is 1. The summed E-state index contributed by atoms with van der Waals surface area (Å²) >= 11 is 1.15. The van der Waals surface area contributed by atoms with Crippen LogP contribution in [0.25, 0.3) is 11.0 Å². The zero-order valence-corrected chi connectivity index (χ0v) is 16.7. The Balaban J connectivity index is 1.54. The number of halogens is 3. The van der Waals surface area contributed by atoms with Crippen LogP contribution < -0.4 is 15.4 Å². The molecule has 0 radical (unpaired) electrons. The predicted octanol–water partition coefficient (Wildman–Crippen LogP) is 3.22. The number of H-pyrrole nitrogens is 1. The third-order valence-electron chi connectivity index (χ3n) is 4.06. The quantitative estimate of drug-likeness (QED) is 0.389. The molecule has 0 aliphatic carbocycles. The number of nitrogens with zero attached hydrogens (tertiary/aromatic N) is 1. The standard InChI is InChI=1S/C19H17F3N4O3S/c1-9(30-19-25-12-5-3-10(29-2)7-14(12)26-19)18(28)23-8-15(27)24-13-6-4-11(20)16(21)17(13)22/h3-7,9H,8H2,1-2H3,(H,23,28)(H,24,27)(H,25,26)/t9-/m0/s1. The number of rotatable bonds is 7. The lowest BCUT2D eigenvalue weighted by Gasteiger charge is -2.11. The van der Waals surface area contributed by atoms with Gasteiger partial charge in [-0.3, -0.25) is 9.59 Å². The number of carbonyl (C=O) groups excluding carboxylic acids is 2. The molecule has 3 aromatic rings. The van der Waals surface area contributed by atoms with Crippen LogP contribution in [-0.2, 0) is 9.59 Å². The van der Waals surface area contributed by atoms with E-state index in [-0.39, 0.29) is 0 Å². The topological polar surface area (TPSA) is 96.1 Å². The zero-order valence-electron chi connectivity index (χ0n) is 15.9. The largest absolute Gasteiger partial charge is 0.497 e. The monoisotopic (exact) mass is 438 g/mol. The van der Waals surface area contributed by atoms with Crippen LogP contribution in [-0.4, -0.2) is 40.7 Å². The van der Waals surface area contributed by atoms with E-state index in [2.05, 4.69) is 20.6 Å². The van der Waals surface area contributed by atoms with Crippen LogP contribution in [0.5, 0.6) is 5.75 Å². The first kappa shape index (κ1) is 21.5. The van der Waals surface area contributed by atoms with Crippen molar-refractivity contribution in [2.75, 3.05) is 19.0 Å². The summed E-state index contributed by atoms with van der Waals surface area (Å²) in [6.07, 6.45) is 0. The second-order valence-corrected chi connectivity index (χ2v) is 7.50. The number of benzene rings is 2. The van der Waals surface area contributed by atoms with Gasteiger partial charge in [0.05, 0.1) is 35.6 Å². The van der Waals surface area contributed by atoms with E-state index < -0.39 is 46.7 Å². The summed E-state index contributed by atoms with van der Waals surface area (Å²) in [5.41, 5.74) is 0.935. The molecule has 0 saturated heterocycles. The Morgan fingerprint density at radius 2 is 1.97 bits per heavy atom. The van der Waals surface area contributed by atoms with Crippen molar-refractivity contribution in [2.24, 2.45) is 0 Å². The van der Waals surface area contributed by atoms with Gasteiger partial charge in [0.2, 0.25) is 11.8 Å². The molecule has 0 unspecified atom stereocenters. The Morgan fingerprint density at radius 1 is 1.20 bits per heavy atom. The molecule has 0 aliphatic heterocycles. The Morgan fingerprint density at radius 3 is 2.70 bits per heavy atom. The van der Waals surface area contributed by atoms with Gasteiger partial charge >= 0.3 is 0 Å². The fraction of sp³-hybridized carbons (Fsp3) is 0.211. The second-order valence-electron chi connectivity index (χ2n) is 6.17. The van der Waals surface area contributed by atoms with Gasteiger partial charge < -0.3 is 20.4 Å². The fourth-order valence-electron chi connectivity index (χ4n) is 2.50. The molecule has 1 atom stereocenters. The van der Waals surface area contributed by atoms with Crippen LogP contribution in [0.15, 0.2) is 35.5 Å². The number of thioether (sulfide) groups is 1. The first-order chi connectivity index (χ1) is 14.3. The van der Waals surface area contributed by atoms with Crippen molar-refractivity contribution in [2.45, 2.75) is 17.3 Å². The SMILES string of the molecule is COc1ccc2nc(S[C@@H](C)C(=O)NCC(=O)Nc3ccc(F)c(F)c3F)[nH]c2c1. The molecular formula is C19H17F3N4O3S. The van der Waals surface area contributed by atoms with Crippen molar-refractivity contribution in [1.29, 1.82) is 0 Å². The van der Waals surface area contributed by atoms with Gasteiger partial charge in [-0.25, -0.2) is 18.2 Å². The van der Waals surface area contributed by atoms with E-state index in [1.54, 1.807) is 32.2 Å². The van der Waals surface area contributed by atoms with Gasteiger partial charge in [0.15, 0.2) is 22.6 Å². The molecule has 0 bridgehead atoms. The lowest BCUT2D eigenvalue weighted by molar-refractivity contribution is -0.123. The number of hydrogen-bond donors (Lipinski definition) is 3. The van der Waals surface area contributed by atoms with Gasteiger partial charge in [0, 0.05) is 6.07 Å². The second kappa shape index (κ2) is 9.08. The highest BCUT2D eigenvalue weighted by atomic mass is 32.2. The number of ether oxygens (including phenoxy) is 1. The maximum Gasteiger partial charge on any atom is 0.243 e. The molecule has 158 valence electrons. The lowest BCUT2D eigenvalue weighted by Crippen LogP contribution is -2.37. The molecule has 0 saturated carbocycles. The van der Waals surface area contributed by atoms with E-state index >= 15 is 0 Å². The Kier molecular flexibility index (Phi) is 6.50. The van der Waals surface area contributed by atoms with E-state index in [9.17, 15) is 22.8 Å². The van der Waals surface area contributed by atoms with Gasteiger partial charge in [0.1, 0.15) is 5.75 Å². The summed E-state index contributed by atoms with van der Waals surface area (Å²) in [4.78, 5) is 31.6. The highest BCUT2D eigenvalue weighted by Gasteiger charge is 2.19. The molecule has 7 nitrogen and oxygen atoms in total. The van der Waals surface area contributed by atoms with E-state index in [4.69, 9.17) is 4.74 Å². The van der Waals surface area contributed by atoms with Crippen molar-refractivity contribution < 1.29 is 27.5 Å². The number of aromatic amines is 1. The molecule has 3 N–H and O–H groups in total. The minimum absolute atomic E-state index is 0.459. The average molecular weight is 438 g/mol. The molecule has 2 aromatic carbocycles. The Labute approximate surface area is 173 Å². The van der Waals surface area contributed by atoms with E-state index in [0.717, 1.165) is 23.3 Å². The van der Waals surface area contributed by atoms with Crippen molar-refractivity contribution in [3.8, 4) is 5.75 Å². The molecule has 2 amide bonds. The van der Waals surface area contributed by atoms with E-state index in [0.29, 0.717) is 22.5 Å². The van der Waals surface area contributed by atoms with Gasteiger partial charge in [-0.15, -0.1) is 0 Å². The average Bonchev–Trinajstić information content (AvgIpc) is 3.13. The van der Waals surface area contributed by atoms with Crippen molar-refractivity contribution >= 4 is 40.3 Å². The van der Waals surface area contributed by atoms with Crippen LogP contribution >= 0.6 is 11.8 Å². The molecule has 3 rings (SSSR count). The summed E-state index contributed by atoms with van der Waals surface area (Å²) < 4.78 is 44.9. The highest BCUT2D eigenvalue weighted by molar-refractivity contribution is 8.00. The zero-order chi connectivity index (χ0) is 21.8. The maximum absolute atomic E-state index is 13.6. The van der Waals surface area contributed by atoms with Crippen molar-refractivity contribution in [1.82, 2.24) is 15.3 Å². The number of fused-ring (bicyclic) bond motifs is 1. The number of methoxy groups -OCH3 is 1. The summed E-state index contributed by atoms with van der Waals surface area (Å²) in [6, 6.07) is 6.90. The summed E-state index contributed by atoms with van der Waals surface area (Å²) in [5.74, 6) is -5.16. The van der Waals surface area contributed by atoms with Crippen LogP contribution in [0.4, 0.5) is 18.9 Å². The smallest absolute Gasteiger partial charge is 0.243 e. The number of hydrogen-bond acceptors (Lipinski definition) is 5. The van der Waals surface area contributed by atoms with Crippen LogP contribution in [0.3, 0.4) is 0 Å². The minimum Gasteiger partial charge on any atom is -0.497 e. The number of imidazole rings is 1. The molecule has 0 aliphatic rings. The summed E-state index contributed by atoms with van der Waals surface area (Å²) in [6.45, 7) is 1.15. The maximum atomic E-state index is 13.6. The van der Waals surface area contributed by atoms with Crippen LogP contribution in [0.2, 0.25) is 0 Å². The molecule has 0 spiro atoms. The molecule has 11 heteroatoms. The van der Waals surface area contributed by atoms with Crippen LogP contribution in [0.1, 0.15) is 6.92 Å². The lowest BCUT2D eigenvalue weighted by atomic mass is 10.2. The summed E-state index contributed by atoms with van der Waals surface area (Å²) in [7, 11) is 1.55. The van der Waals surface area contributed by atoms with Crippen molar-refractivity contribution in [3.63, 3.8) is 0 Å². The van der Waals surface area contributed by atoms with Crippen LogP contribution in [0, 0.1) is 17.5 Å². The Hall–Kier alpha value is -3.21. The molecule has 1 heterocycles.